The highest BCUT2D eigenvalue weighted by Crippen LogP contribution is 2.33. The highest BCUT2D eigenvalue weighted by atomic mass is 35.5. The largest absolute Gasteiger partial charge is 0.385 e. The van der Waals surface area contributed by atoms with E-state index in [4.69, 9.17) is 16.3 Å². The third-order valence-electron chi connectivity index (χ3n) is 5.73. The number of ether oxygens (including phenoxy) is 1. The summed E-state index contributed by atoms with van der Waals surface area (Å²) in [7, 11) is 0. The SMILES string of the molecule is CC(C)OC1CCC(NC(=O)N2CCC(O)(c3ccc(Cl)cc3)CC2)CC1. The molecule has 2 fully saturated rings. The average molecular weight is 395 g/mol. The maximum atomic E-state index is 12.6. The van der Waals surface area contributed by atoms with Gasteiger partial charge in [0, 0.05) is 24.2 Å². The van der Waals surface area contributed by atoms with Crippen molar-refractivity contribution in [1.29, 1.82) is 0 Å². The Labute approximate surface area is 167 Å². The zero-order valence-corrected chi connectivity index (χ0v) is 17.0. The van der Waals surface area contributed by atoms with E-state index in [1.807, 2.05) is 17.0 Å². The van der Waals surface area contributed by atoms with Gasteiger partial charge in [0.1, 0.15) is 0 Å². The molecule has 0 bridgehead atoms. The Kier molecular flexibility index (Phi) is 6.66. The molecule has 0 spiro atoms. The quantitative estimate of drug-likeness (QED) is 0.809. The first-order chi connectivity index (χ1) is 12.9. The zero-order valence-electron chi connectivity index (χ0n) is 16.3. The first-order valence-corrected chi connectivity index (χ1v) is 10.4. The van der Waals surface area contributed by atoms with Gasteiger partial charge in [0.25, 0.3) is 0 Å². The molecule has 0 aromatic heterocycles. The monoisotopic (exact) mass is 394 g/mol. The number of amides is 2. The number of nitrogens with zero attached hydrogens (tertiary/aromatic N) is 1. The molecule has 3 rings (SSSR count). The summed E-state index contributed by atoms with van der Waals surface area (Å²) >= 11 is 5.94. The molecule has 1 aromatic rings. The van der Waals surface area contributed by atoms with Crippen molar-refractivity contribution in [1.82, 2.24) is 10.2 Å². The molecule has 27 heavy (non-hydrogen) atoms. The van der Waals surface area contributed by atoms with Gasteiger partial charge in [-0.15, -0.1) is 0 Å². The van der Waals surface area contributed by atoms with Crippen LogP contribution in [0.4, 0.5) is 4.79 Å². The molecule has 5 nitrogen and oxygen atoms in total. The Hall–Kier alpha value is -1.30. The number of piperidine rings is 1. The second kappa shape index (κ2) is 8.80. The van der Waals surface area contributed by atoms with Gasteiger partial charge in [-0.1, -0.05) is 23.7 Å². The van der Waals surface area contributed by atoms with Gasteiger partial charge in [-0.2, -0.15) is 0 Å². The maximum absolute atomic E-state index is 12.6. The number of benzene rings is 1. The Bertz CT molecular complexity index is 619. The van der Waals surface area contributed by atoms with Crippen molar-refractivity contribution < 1.29 is 14.6 Å². The van der Waals surface area contributed by atoms with Gasteiger partial charge in [0.05, 0.1) is 17.8 Å². The smallest absolute Gasteiger partial charge is 0.317 e. The molecule has 6 heteroatoms. The van der Waals surface area contributed by atoms with E-state index >= 15 is 0 Å². The summed E-state index contributed by atoms with van der Waals surface area (Å²) in [5.41, 5.74) is -0.0106. The molecule has 2 amide bonds. The van der Waals surface area contributed by atoms with Crippen LogP contribution in [0.25, 0.3) is 0 Å². The molecule has 0 unspecified atom stereocenters. The van der Waals surface area contributed by atoms with Crippen LogP contribution in [-0.2, 0) is 10.3 Å². The van der Waals surface area contributed by atoms with Crippen molar-refractivity contribution >= 4 is 17.6 Å². The van der Waals surface area contributed by atoms with Gasteiger partial charge < -0.3 is 20.1 Å². The van der Waals surface area contributed by atoms with Crippen molar-refractivity contribution in [3.8, 4) is 0 Å². The minimum Gasteiger partial charge on any atom is -0.385 e. The molecule has 0 atom stereocenters. The number of urea groups is 1. The number of aliphatic hydroxyl groups is 1. The lowest BCUT2D eigenvalue weighted by Crippen LogP contribution is -2.51. The van der Waals surface area contributed by atoms with E-state index in [1.54, 1.807) is 12.1 Å². The van der Waals surface area contributed by atoms with Gasteiger partial charge in [-0.3, -0.25) is 0 Å². The molecule has 1 saturated carbocycles. The lowest BCUT2D eigenvalue weighted by molar-refractivity contribution is -0.0207. The number of hydrogen-bond acceptors (Lipinski definition) is 3. The van der Waals surface area contributed by atoms with Crippen LogP contribution in [0.3, 0.4) is 0 Å². The van der Waals surface area contributed by atoms with E-state index in [-0.39, 0.29) is 18.2 Å². The van der Waals surface area contributed by atoms with E-state index in [2.05, 4.69) is 19.2 Å². The zero-order chi connectivity index (χ0) is 19.4. The predicted octanol–water partition coefficient (Wildman–Crippen LogP) is 4.07. The first-order valence-electron chi connectivity index (χ1n) is 10.0. The fraction of sp³-hybridized carbons (Fsp3) is 0.667. The summed E-state index contributed by atoms with van der Waals surface area (Å²) in [6.45, 7) is 5.23. The van der Waals surface area contributed by atoms with Crippen LogP contribution in [0.5, 0.6) is 0 Å². The van der Waals surface area contributed by atoms with Crippen molar-refractivity contribution in [3.05, 3.63) is 34.9 Å². The van der Waals surface area contributed by atoms with Crippen LogP contribution in [0.2, 0.25) is 5.02 Å². The molecule has 2 N–H and O–H groups in total. The number of carbonyl (C=O) groups is 1. The Morgan fingerprint density at radius 1 is 1.19 bits per heavy atom. The van der Waals surface area contributed by atoms with Crippen LogP contribution in [0, 0.1) is 0 Å². The third kappa shape index (κ3) is 5.37. The minimum absolute atomic E-state index is 0.0126. The summed E-state index contributed by atoms with van der Waals surface area (Å²) in [5, 5.41) is 14.8. The molecule has 1 saturated heterocycles. The summed E-state index contributed by atoms with van der Waals surface area (Å²) < 4.78 is 5.87. The van der Waals surface area contributed by atoms with Crippen molar-refractivity contribution in [2.45, 2.75) is 76.2 Å². The minimum atomic E-state index is -0.881. The van der Waals surface area contributed by atoms with Crippen molar-refractivity contribution in [3.63, 3.8) is 0 Å². The molecule has 1 aliphatic carbocycles. The number of halogens is 1. The molecule has 1 aromatic carbocycles. The maximum Gasteiger partial charge on any atom is 0.317 e. The molecular weight excluding hydrogens is 364 g/mol. The highest BCUT2D eigenvalue weighted by Gasteiger charge is 2.36. The van der Waals surface area contributed by atoms with Gasteiger partial charge in [0.15, 0.2) is 0 Å². The Morgan fingerprint density at radius 3 is 2.33 bits per heavy atom. The fourth-order valence-electron chi connectivity index (χ4n) is 4.12. The number of carbonyl (C=O) groups excluding carboxylic acids is 1. The first kappa shape index (κ1) is 20.4. The van der Waals surface area contributed by atoms with Gasteiger partial charge >= 0.3 is 6.03 Å². The van der Waals surface area contributed by atoms with Crippen molar-refractivity contribution in [2.75, 3.05) is 13.1 Å². The summed E-state index contributed by atoms with van der Waals surface area (Å²) in [5.74, 6) is 0. The van der Waals surface area contributed by atoms with Crippen LogP contribution in [-0.4, -0.2) is 47.4 Å². The van der Waals surface area contributed by atoms with E-state index < -0.39 is 5.60 Å². The van der Waals surface area contributed by atoms with Crippen molar-refractivity contribution in [2.24, 2.45) is 0 Å². The molecule has 150 valence electrons. The molecule has 1 heterocycles. The number of rotatable bonds is 4. The van der Waals surface area contributed by atoms with E-state index in [9.17, 15) is 9.90 Å². The van der Waals surface area contributed by atoms with E-state index in [0.29, 0.717) is 37.1 Å². The summed E-state index contributed by atoms with van der Waals surface area (Å²) in [6, 6.07) is 7.55. The molecule has 0 radical (unpaired) electrons. The van der Waals surface area contributed by atoms with Gasteiger partial charge in [-0.25, -0.2) is 4.79 Å². The fourth-order valence-corrected chi connectivity index (χ4v) is 4.25. The van der Waals surface area contributed by atoms with Crippen LogP contribution in [0.1, 0.15) is 57.9 Å². The van der Waals surface area contributed by atoms with E-state index in [1.165, 1.54) is 0 Å². The number of likely N-dealkylation sites (tertiary alicyclic amines) is 1. The third-order valence-corrected chi connectivity index (χ3v) is 5.98. The molecular formula is C21H31ClN2O3. The standard InChI is InChI=1S/C21H31ClN2O3/c1-15(2)27-19-9-7-18(8-10-19)23-20(25)24-13-11-21(26,12-14-24)16-3-5-17(22)6-4-16/h3-6,15,18-19,26H,7-14H2,1-2H3,(H,23,25). The predicted molar refractivity (Wildman–Crippen MR) is 107 cm³/mol. The molecule has 1 aliphatic heterocycles. The Morgan fingerprint density at radius 2 is 1.78 bits per heavy atom. The second-order valence-electron chi connectivity index (χ2n) is 8.13. The van der Waals surface area contributed by atoms with Gasteiger partial charge in [0.2, 0.25) is 0 Å². The summed E-state index contributed by atoms with van der Waals surface area (Å²) in [6.07, 6.45) is 5.58. The Balaban J connectivity index is 1.45. The van der Waals surface area contributed by atoms with E-state index in [0.717, 1.165) is 31.2 Å². The topological polar surface area (TPSA) is 61.8 Å². The molecule has 2 aliphatic rings. The number of nitrogens with one attached hydrogen (secondary N) is 1. The normalized spacial score (nSPS) is 25.4. The lowest BCUT2D eigenvalue weighted by atomic mass is 9.84. The van der Waals surface area contributed by atoms with Crippen LogP contribution >= 0.6 is 11.6 Å². The van der Waals surface area contributed by atoms with Crippen LogP contribution in [0.15, 0.2) is 24.3 Å². The average Bonchev–Trinajstić information content (AvgIpc) is 2.64. The second-order valence-corrected chi connectivity index (χ2v) is 8.57. The highest BCUT2D eigenvalue weighted by molar-refractivity contribution is 6.30. The number of hydrogen-bond donors (Lipinski definition) is 2. The van der Waals surface area contributed by atoms with Gasteiger partial charge in [-0.05, 0) is 70.1 Å². The lowest BCUT2D eigenvalue weighted by Gasteiger charge is -2.39. The van der Waals surface area contributed by atoms with Crippen LogP contribution < -0.4 is 5.32 Å². The summed E-state index contributed by atoms with van der Waals surface area (Å²) in [4.78, 5) is 14.4.